The molecule has 25 heavy (non-hydrogen) atoms. The second-order valence-corrected chi connectivity index (χ2v) is 6.82. The lowest BCUT2D eigenvalue weighted by molar-refractivity contribution is 0.121. The van der Waals surface area contributed by atoms with Crippen molar-refractivity contribution >= 4 is 5.95 Å². The Hall–Kier alpha value is -2.02. The fraction of sp³-hybridized carbons (Fsp3) is 0.667. The molecule has 7 nitrogen and oxygen atoms in total. The lowest BCUT2D eigenvalue weighted by Crippen LogP contribution is -2.40. The van der Waals surface area contributed by atoms with Crippen molar-refractivity contribution in [2.75, 3.05) is 25.5 Å². The molecule has 1 aliphatic rings. The molecular formula is C18H29N7. The Morgan fingerprint density at radius 3 is 2.64 bits per heavy atom. The van der Waals surface area contributed by atoms with Gasteiger partial charge in [-0.05, 0) is 51.3 Å². The number of likely N-dealkylation sites (tertiary alicyclic amines) is 1. The van der Waals surface area contributed by atoms with Crippen LogP contribution < -0.4 is 5.32 Å². The Kier molecular flexibility index (Phi) is 5.63. The molecule has 3 heterocycles. The van der Waals surface area contributed by atoms with Crippen LogP contribution in [0.25, 0.3) is 0 Å². The zero-order valence-corrected chi connectivity index (χ0v) is 15.7. The first-order valence-corrected chi connectivity index (χ1v) is 9.28. The largest absolute Gasteiger partial charge is 0.353 e. The summed E-state index contributed by atoms with van der Waals surface area (Å²) in [5.41, 5.74) is 3.31. The van der Waals surface area contributed by atoms with Crippen molar-refractivity contribution in [3.8, 4) is 0 Å². The third-order valence-corrected chi connectivity index (χ3v) is 5.20. The van der Waals surface area contributed by atoms with E-state index in [1.165, 1.54) is 18.5 Å². The molecule has 0 amide bonds. The van der Waals surface area contributed by atoms with Crippen LogP contribution in [0.15, 0.2) is 12.3 Å². The predicted octanol–water partition coefficient (Wildman–Crippen LogP) is 2.22. The van der Waals surface area contributed by atoms with Gasteiger partial charge in [0.2, 0.25) is 5.95 Å². The molecule has 1 aliphatic heterocycles. The van der Waals surface area contributed by atoms with Crippen molar-refractivity contribution in [2.45, 2.75) is 45.6 Å². The van der Waals surface area contributed by atoms with Gasteiger partial charge in [0.25, 0.3) is 0 Å². The number of nitrogens with one attached hydrogen (secondary N) is 1. The average Bonchev–Trinajstić information content (AvgIpc) is 3.05. The van der Waals surface area contributed by atoms with Crippen LogP contribution in [0.5, 0.6) is 0 Å². The fourth-order valence-corrected chi connectivity index (χ4v) is 3.85. The van der Waals surface area contributed by atoms with Crippen LogP contribution >= 0.6 is 0 Å². The van der Waals surface area contributed by atoms with Crippen LogP contribution in [0, 0.1) is 5.92 Å². The van der Waals surface area contributed by atoms with Crippen LogP contribution in [-0.4, -0.2) is 50.0 Å². The molecule has 0 radical (unpaired) electrons. The molecule has 0 unspecified atom stereocenters. The predicted molar refractivity (Wildman–Crippen MR) is 98.4 cm³/mol. The minimum Gasteiger partial charge on any atom is -0.353 e. The highest BCUT2D eigenvalue weighted by atomic mass is 15.3. The van der Waals surface area contributed by atoms with Gasteiger partial charge in [-0.1, -0.05) is 13.8 Å². The van der Waals surface area contributed by atoms with E-state index in [-0.39, 0.29) is 0 Å². The summed E-state index contributed by atoms with van der Waals surface area (Å²) in [7, 11) is 4.22. The van der Waals surface area contributed by atoms with Gasteiger partial charge in [-0.3, -0.25) is 9.58 Å². The Morgan fingerprint density at radius 1 is 1.16 bits per heavy atom. The van der Waals surface area contributed by atoms with Gasteiger partial charge in [-0.15, -0.1) is 5.10 Å². The third kappa shape index (κ3) is 3.81. The number of hydrogen-bond donors (Lipinski definition) is 1. The van der Waals surface area contributed by atoms with E-state index < -0.39 is 0 Å². The average molecular weight is 343 g/mol. The smallest absolute Gasteiger partial charge is 0.242 e. The normalized spacial score (nSPS) is 21.4. The first-order valence-electron chi connectivity index (χ1n) is 9.28. The van der Waals surface area contributed by atoms with Crippen LogP contribution in [0.2, 0.25) is 0 Å². The molecule has 2 aromatic heterocycles. The summed E-state index contributed by atoms with van der Waals surface area (Å²) >= 11 is 0. The molecule has 3 rings (SSSR count). The monoisotopic (exact) mass is 343 g/mol. The number of piperidine rings is 1. The van der Waals surface area contributed by atoms with E-state index in [2.05, 4.69) is 57.5 Å². The Morgan fingerprint density at radius 2 is 1.96 bits per heavy atom. The number of aromatic nitrogens is 5. The summed E-state index contributed by atoms with van der Waals surface area (Å²) in [5.74, 6) is 1.14. The van der Waals surface area contributed by atoms with E-state index >= 15 is 0 Å². The van der Waals surface area contributed by atoms with Crippen molar-refractivity contribution in [1.82, 2.24) is 29.9 Å². The van der Waals surface area contributed by atoms with Crippen molar-refractivity contribution in [1.29, 1.82) is 0 Å². The SMILES string of the molecule is CCc1nnc(NC[C@@H]2CCCN(C)[C@H]2c2ccnn2C)nc1CC. The molecule has 0 bridgehead atoms. The number of nitrogens with zero attached hydrogens (tertiary/aromatic N) is 6. The molecule has 1 saturated heterocycles. The summed E-state index contributed by atoms with van der Waals surface area (Å²) in [6, 6.07) is 2.49. The quantitative estimate of drug-likeness (QED) is 0.867. The van der Waals surface area contributed by atoms with E-state index in [9.17, 15) is 0 Å². The summed E-state index contributed by atoms with van der Waals surface area (Å²) in [6.45, 7) is 6.17. The molecule has 2 atom stereocenters. The van der Waals surface area contributed by atoms with Gasteiger partial charge < -0.3 is 5.32 Å². The number of aryl methyl sites for hydroxylation is 3. The summed E-state index contributed by atoms with van der Waals surface area (Å²) in [5, 5.41) is 16.4. The van der Waals surface area contributed by atoms with E-state index in [0.717, 1.165) is 37.3 Å². The first kappa shape index (κ1) is 17.8. The van der Waals surface area contributed by atoms with Crippen LogP contribution in [0.3, 0.4) is 0 Å². The van der Waals surface area contributed by atoms with Gasteiger partial charge in [0.15, 0.2) is 0 Å². The van der Waals surface area contributed by atoms with Crippen molar-refractivity contribution in [2.24, 2.45) is 13.0 Å². The molecule has 0 spiro atoms. The molecule has 1 N–H and O–H groups in total. The highest BCUT2D eigenvalue weighted by Gasteiger charge is 2.32. The standard InChI is InChI=1S/C18H29N7/c1-5-14-15(6-2)22-23-18(21-14)19-12-13-8-7-11-24(3)17(13)16-9-10-20-25(16)4/h9-10,13,17H,5-8,11-12H2,1-4H3,(H,19,21,23)/t13-,17+/m0/s1. The summed E-state index contributed by atoms with van der Waals surface area (Å²) < 4.78 is 1.99. The van der Waals surface area contributed by atoms with Crippen molar-refractivity contribution < 1.29 is 0 Å². The van der Waals surface area contributed by atoms with Crippen LogP contribution in [0.1, 0.15) is 49.8 Å². The molecule has 7 heteroatoms. The lowest BCUT2D eigenvalue weighted by atomic mass is 9.87. The molecule has 1 fully saturated rings. The highest BCUT2D eigenvalue weighted by molar-refractivity contribution is 5.26. The fourth-order valence-electron chi connectivity index (χ4n) is 3.85. The van der Waals surface area contributed by atoms with Gasteiger partial charge in [0.1, 0.15) is 0 Å². The molecule has 0 aliphatic carbocycles. The van der Waals surface area contributed by atoms with Crippen LogP contribution in [-0.2, 0) is 19.9 Å². The minimum absolute atomic E-state index is 0.363. The Bertz CT molecular complexity index is 696. The van der Waals surface area contributed by atoms with E-state index in [4.69, 9.17) is 0 Å². The van der Waals surface area contributed by atoms with Crippen molar-refractivity contribution in [3.05, 3.63) is 29.3 Å². The van der Waals surface area contributed by atoms with E-state index in [1.54, 1.807) is 0 Å². The maximum Gasteiger partial charge on any atom is 0.242 e. The molecule has 2 aromatic rings. The molecule has 0 saturated carbocycles. The zero-order chi connectivity index (χ0) is 17.8. The maximum atomic E-state index is 4.65. The second kappa shape index (κ2) is 7.91. The molecular weight excluding hydrogens is 314 g/mol. The first-order chi connectivity index (χ1) is 12.1. The Labute approximate surface area is 149 Å². The van der Waals surface area contributed by atoms with Gasteiger partial charge in [0, 0.05) is 19.8 Å². The molecule has 0 aromatic carbocycles. The third-order valence-electron chi connectivity index (χ3n) is 5.20. The topological polar surface area (TPSA) is 71.8 Å². The lowest BCUT2D eigenvalue weighted by Gasteiger charge is -2.39. The van der Waals surface area contributed by atoms with Crippen molar-refractivity contribution in [3.63, 3.8) is 0 Å². The van der Waals surface area contributed by atoms with Crippen LogP contribution in [0.4, 0.5) is 5.95 Å². The number of rotatable bonds is 6. The van der Waals surface area contributed by atoms with Gasteiger partial charge in [-0.25, -0.2) is 4.98 Å². The Balaban J connectivity index is 1.73. The summed E-state index contributed by atoms with van der Waals surface area (Å²) in [4.78, 5) is 7.09. The highest BCUT2D eigenvalue weighted by Crippen LogP contribution is 2.34. The summed E-state index contributed by atoms with van der Waals surface area (Å²) in [6.07, 6.45) is 6.04. The van der Waals surface area contributed by atoms with Gasteiger partial charge in [-0.2, -0.15) is 10.2 Å². The minimum atomic E-state index is 0.363. The van der Waals surface area contributed by atoms with E-state index in [1.807, 2.05) is 17.9 Å². The van der Waals surface area contributed by atoms with Gasteiger partial charge >= 0.3 is 0 Å². The van der Waals surface area contributed by atoms with Gasteiger partial charge in [0.05, 0.1) is 23.1 Å². The van der Waals surface area contributed by atoms with E-state index in [0.29, 0.717) is 17.9 Å². The second-order valence-electron chi connectivity index (χ2n) is 6.82. The number of hydrogen-bond acceptors (Lipinski definition) is 6. The zero-order valence-electron chi connectivity index (χ0n) is 15.7. The molecule has 136 valence electrons. The number of anilines is 1. The maximum absolute atomic E-state index is 4.65.